The molecule has 1 aromatic rings. The van der Waals surface area contributed by atoms with Crippen LogP contribution in [-0.2, 0) is 4.79 Å². The molecule has 2 amide bonds. The molecule has 0 aromatic heterocycles. The first-order valence-electron chi connectivity index (χ1n) is 7.86. The van der Waals surface area contributed by atoms with Crippen LogP contribution in [0.25, 0.3) is 0 Å². The highest BCUT2D eigenvalue weighted by atomic mass is 35.5. The molecule has 0 radical (unpaired) electrons. The summed E-state index contributed by atoms with van der Waals surface area (Å²) < 4.78 is 10.5. The number of ether oxygens (including phenoxy) is 2. The number of hydrogen-bond acceptors (Lipinski definition) is 5. The van der Waals surface area contributed by atoms with Gasteiger partial charge in [-0.1, -0.05) is 13.8 Å². The Morgan fingerprint density at radius 1 is 1.20 bits per heavy atom. The summed E-state index contributed by atoms with van der Waals surface area (Å²) in [6.07, 6.45) is 0.786. The summed E-state index contributed by atoms with van der Waals surface area (Å²) in [7, 11) is 2.94. The third-order valence-corrected chi connectivity index (χ3v) is 3.43. The smallest absolute Gasteiger partial charge is 0.251 e. The lowest BCUT2D eigenvalue weighted by Gasteiger charge is -2.20. The summed E-state index contributed by atoms with van der Waals surface area (Å²) in [5.41, 5.74) is 6.47. The third kappa shape index (κ3) is 6.80. The number of nitrogens with one attached hydrogen (secondary N) is 2. The summed E-state index contributed by atoms with van der Waals surface area (Å²) in [5, 5.41) is 5.56. The lowest BCUT2D eigenvalue weighted by molar-refractivity contribution is -0.114. The van der Waals surface area contributed by atoms with E-state index in [4.69, 9.17) is 15.2 Å². The van der Waals surface area contributed by atoms with Gasteiger partial charge in [0.15, 0.2) is 11.5 Å². The molecule has 25 heavy (non-hydrogen) atoms. The van der Waals surface area contributed by atoms with Crippen molar-refractivity contribution in [2.24, 2.45) is 11.7 Å². The van der Waals surface area contributed by atoms with Gasteiger partial charge >= 0.3 is 0 Å². The molecular weight excluding hydrogens is 346 g/mol. The lowest BCUT2D eigenvalue weighted by atomic mass is 10.0. The van der Waals surface area contributed by atoms with Crippen LogP contribution in [0.2, 0.25) is 0 Å². The number of carbonyl (C=O) groups excluding carboxylic acids is 2. The Kier molecular flexibility index (Phi) is 9.93. The number of benzene rings is 1. The van der Waals surface area contributed by atoms with Crippen molar-refractivity contribution in [2.75, 3.05) is 26.1 Å². The summed E-state index contributed by atoms with van der Waals surface area (Å²) in [4.78, 5) is 23.9. The predicted octanol–water partition coefficient (Wildman–Crippen LogP) is 2.19. The minimum Gasteiger partial charge on any atom is -0.493 e. The maximum absolute atomic E-state index is 12.5. The molecular formula is C17H28ClN3O4. The van der Waals surface area contributed by atoms with Crippen LogP contribution in [0, 0.1) is 5.92 Å². The number of nitrogens with two attached hydrogens (primary N) is 1. The van der Waals surface area contributed by atoms with E-state index in [0.29, 0.717) is 35.2 Å². The second kappa shape index (κ2) is 10.8. The van der Waals surface area contributed by atoms with Gasteiger partial charge in [-0.15, -0.1) is 12.4 Å². The van der Waals surface area contributed by atoms with Gasteiger partial charge in [-0.2, -0.15) is 0 Å². The van der Waals surface area contributed by atoms with Gasteiger partial charge in [0.1, 0.15) is 0 Å². The third-order valence-electron chi connectivity index (χ3n) is 3.43. The Labute approximate surface area is 155 Å². The van der Waals surface area contributed by atoms with Crippen LogP contribution in [0.4, 0.5) is 5.69 Å². The zero-order valence-electron chi connectivity index (χ0n) is 15.3. The Balaban J connectivity index is 0.00000576. The summed E-state index contributed by atoms with van der Waals surface area (Å²) in [6.45, 7) is 5.88. The number of anilines is 1. The van der Waals surface area contributed by atoms with Gasteiger partial charge < -0.3 is 25.8 Å². The highest BCUT2D eigenvalue weighted by Crippen LogP contribution is 2.36. The van der Waals surface area contributed by atoms with Crippen LogP contribution in [0.1, 0.15) is 37.6 Å². The SMILES string of the molecule is COc1cc(C(=O)NC(CN)CC(C)C)cc(NC(C)=O)c1OC.Cl. The minimum atomic E-state index is -0.279. The molecule has 0 heterocycles. The maximum atomic E-state index is 12.5. The van der Waals surface area contributed by atoms with Crippen molar-refractivity contribution in [3.8, 4) is 11.5 Å². The fourth-order valence-electron chi connectivity index (χ4n) is 2.43. The van der Waals surface area contributed by atoms with Crippen LogP contribution in [0.5, 0.6) is 11.5 Å². The standard InChI is InChI=1S/C17H27N3O4.ClH/c1-10(2)6-13(9-18)20-17(22)12-7-14(19-11(3)21)16(24-5)15(8-12)23-4;/h7-8,10,13H,6,9,18H2,1-5H3,(H,19,21)(H,20,22);1H. The Morgan fingerprint density at radius 3 is 2.28 bits per heavy atom. The number of amides is 2. The lowest BCUT2D eigenvalue weighted by Crippen LogP contribution is -2.41. The largest absolute Gasteiger partial charge is 0.493 e. The zero-order chi connectivity index (χ0) is 18.3. The van der Waals surface area contributed by atoms with Gasteiger partial charge in [0.05, 0.1) is 19.9 Å². The first-order chi connectivity index (χ1) is 11.3. The zero-order valence-corrected chi connectivity index (χ0v) is 16.2. The summed E-state index contributed by atoms with van der Waals surface area (Å²) in [6, 6.07) is 3.01. The molecule has 0 bridgehead atoms. The van der Waals surface area contributed by atoms with Crippen molar-refractivity contribution >= 4 is 29.9 Å². The predicted molar refractivity (Wildman–Crippen MR) is 101 cm³/mol. The van der Waals surface area contributed by atoms with Crippen molar-refractivity contribution in [1.82, 2.24) is 5.32 Å². The normalized spacial score (nSPS) is 11.3. The fourth-order valence-corrected chi connectivity index (χ4v) is 2.43. The molecule has 142 valence electrons. The Bertz CT molecular complexity index is 594. The first kappa shape index (κ1) is 23.0. The fraction of sp³-hybridized carbons (Fsp3) is 0.529. The number of rotatable bonds is 8. The number of carbonyl (C=O) groups is 2. The van der Waals surface area contributed by atoms with E-state index in [1.54, 1.807) is 12.1 Å². The average Bonchev–Trinajstić information content (AvgIpc) is 2.52. The van der Waals surface area contributed by atoms with E-state index in [-0.39, 0.29) is 30.3 Å². The van der Waals surface area contributed by atoms with Gasteiger partial charge in [-0.25, -0.2) is 0 Å². The second-order valence-electron chi connectivity index (χ2n) is 5.98. The molecule has 8 heteroatoms. The van der Waals surface area contributed by atoms with Gasteiger partial charge in [0.2, 0.25) is 5.91 Å². The topological polar surface area (TPSA) is 103 Å². The highest BCUT2D eigenvalue weighted by molar-refractivity contribution is 5.99. The quantitative estimate of drug-likeness (QED) is 0.648. The van der Waals surface area contributed by atoms with E-state index in [9.17, 15) is 9.59 Å². The van der Waals surface area contributed by atoms with Crippen LogP contribution >= 0.6 is 12.4 Å². The van der Waals surface area contributed by atoms with Crippen LogP contribution in [-0.4, -0.2) is 38.6 Å². The molecule has 0 aliphatic carbocycles. The van der Waals surface area contributed by atoms with Gasteiger partial charge in [0.25, 0.3) is 5.91 Å². The molecule has 0 spiro atoms. The number of halogens is 1. The van der Waals surface area contributed by atoms with Crippen molar-refractivity contribution in [1.29, 1.82) is 0 Å². The molecule has 0 aliphatic heterocycles. The highest BCUT2D eigenvalue weighted by Gasteiger charge is 2.19. The monoisotopic (exact) mass is 373 g/mol. The van der Waals surface area contributed by atoms with E-state index in [0.717, 1.165) is 6.42 Å². The first-order valence-corrected chi connectivity index (χ1v) is 7.86. The van der Waals surface area contributed by atoms with Crippen molar-refractivity contribution in [2.45, 2.75) is 33.2 Å². The second-order valence-corrected chi connectivity index (χ2v) is 5.98. The van der Waals surface area contributed by atoms with Gasteiger partial charge in [-0.05, 0) is 24.5 Å². The van der Waals surface area contributed by atoms with Gasteiger partial charge in [-0.3, -0.25) is 9.59 Å². The molecule has 4 N–H and O–H groups in total. The molecule has 0 saturated heterocycles. The number of methoxy groups -OCH3 is 2. The maximum Gasteiger partial charge on any atom is 0.251 e. The molecule has 1 atom stereocenters. The summed E-state index contributed by atoms with van der Waals surface area (Å²) in [5.74, 6) is 0.592. The van der Waals surface area contributed by atoms with Crippen LogP contribution in [0.3, 0.4) is 0 Å². The molecule has 0 aliphatic rings. The van der Waals surface area contributed by atoms with E-state index in [2.05, 4.69) is 24.5 Å². The average molecular weight is 374 g/mol. The van der Waals surface area contributed by atoms with Crippen molar-refractivity contribution < 1.29 is 19.1 Å². The van der Waals surface area contributed by atoms with Crippen molar-refractivity contribution in [3.05, 3.63) is 17.7 Å². The number of hydrogen-bond donors (Lipinski definition) is 3. The molecule has 7 nitrogen and oxygen atoms in total. The molecule has 1 aromatic carbocycles. The molecule has 0 fully saturated rings. The Morgan fingerprint density at radius 2 is 1.84 bits per heavy atom. The summed E-state index contributed by atoms with van der Waals surface area (Å²) >= 11 is 0. The minimum absolute atomic E-state index is 0. The molecule has 0 saturated carbocycles. The Hall–Kier alpha value is -1.99. The van der Waals surface area contributed by atoms with Crippen LogP contribution < -0.4 is 25.8 Å². The van der Waals surface area contributed by atoms with Gasteiger partial charge in [0, 0.05) is 25.1 Å². The molecule has 1 rings (SSSR count). The van der Waals surface area contributed by atoms with E-state index in [1.165, 1.54) is 21.1 Å². The van der Waals surface area contributed by atoms with E-state index < -0.39 is 0 Å². The molecule has 1 unspecified atom stereocenters. The van der Waals surface area contributed by atoms with E-state index in [1.807, 2.05) is 0 Å². The van der Waals surface area contributed by atoms with Crippen LogP contribution in [0.15, 0.2) is 12.1 Å². The van der Waals surface area contributed by atoms with E-state index >= 15 is 0 Å². The van der Waals surface area contributed by atoms with Crippen molar-refractivity contribution in [3.63, 3.8) is 0 Å².